The van der Waals surface area contributed by atoms with Gasteiger partial charge in [-0.2, -0.15) is 0 Å². The Labute approximate surface area is 267 Å². The van der Waals surface area contributed by atoms with Crippen LogP contribution in [0.5, 0.6) is 11.5 Å². The fourth-order valence-electron chi connectivity index (χ4n) is 4.08. The molecular weight excluding hydrogens is 679 g/mol. The number of nitrogens with zero attached hydrogens (tertiary/aromatic N) is 2. The number of alkyl halides is 4. The molecule has 2 atom stereocenters. The van der Waals surface area contributed by atoms with Crippen molar-refractivity contribution in [3.05, 3.63) is 59.7 Å². The monoisotopic (exact) mass is 710 g/mol. The highest BCUT2D eigenvalue weighted by atomic mass is 35.7. The van der Waals surface area contributed by atoms with E-state index in [4.69, 9.17) is 77.9 Å². The molecule has 2 aromatic carbocycles. The van der Waals surface area contributed by atoms with Gasteiger partial charge in [-0.1, -0.05) is 38.1 Å². The van der Waals surface area contributed by atoms with Gasteiger partial charge in [0.05, 0.1) is 0 Å². The molecule has 0 aliphatic rings. The van der Waals surface area contributed by atoms with Gasteiger partial charge in [0.25, 0.3) is 0 Å². The predicted molar refractivity (Wildman–Crippen MR) is 174 cm³/mol. The number of benzene rings is 2. The fraction of sp³-hybridized carbons (Fsp3) is 0.462. The van der Waals surface area contributed by atoms with Crippen LogP contribution in [-0.2, 0) is 9.13 Å². The first kappa shape index (κ1) is 36.1. The summed E-state index contributed by atoms with van der Waals surface area (Å²) in [6.45, 7) is -1.94. The van der Waals surface area contributed by atoms with Crippen LogP contribution in [0.15, 0.2) is 48.5 Å². The smallest absolute Gasteiger partial charge is 0.411 e. The van der Waals surface area contributed by atoms with Crippen molar-refractivity contribution in [3.63, 3.8) is 0 Å². The highest BCUT2D eigenvalue weighted by Crippen LogP contribution is 2.56. The van der Waals surface area contributed by atoms with Crippen molar-refractivity contribution >= 4 is 93.8 Å². The summed E-state index contributed by atoms with van der Waals surface area (Å²) in [5, 5.41) is 0. The van der Waals surface area contributed by atoms with E-state index in [-0.39, 0.29) is 23.5 Å². The number of halogens is 6. The highest BCUT2D eigenvalue weighted by Gasteiger charge is 2.31. The molecule has 0 amide bonds. The molecule has 2 aromatic rings. The minimum absolute atomic E-state index is 0.249. The van der Waals surface area contributed by atoms with E-state index in [0.29, 0.717) is 37.7 Å². The standard InChI is InChI=1S/C26H34Cl6N2O4P2/c1-3-25(21-5-9-23(10-6-21)37-39(31,35)33(17-13-27)18-14-28)26(4-2)22-7-11-24(12-8-22)38-40(32,36)34(19-15-29)20-16-30/h5-12H,3-4,13-20H2,1-2H3. The second-order valence-electron chi connectivity index (χ2n) is 8.46. The summed E-state index contributed by atoms with van der Waals surface area (Å²) in [7, 11) is 0. The highest BCUT2D eigenvalue weighted by molar-refractivity contribution is 7.84. The molecule has 0 saturated heterocycles. The van der Waals surface area contributed by atoms with Crippen molar-refractivity contribution in [2.75, 3.05) is 49.7 Å². The molecule has 2 rings (SSSR count). The van der Waals surface area contributed by atoms with Gasteiger partial charge in [0.1, 0.15) is 11.5 Å². The van der Waals surface area contributed by atoms with Gasteiger partial charge in [0.2, 0.25) is 0 Å². The topological polar surface area (TPSA) is 59.1 Å². The first-order valence-corrected chi connectivity index (χ1v) is 19.8. The molecular formula is C26H34Cl6N2O4P2. The summed E-state index contributed by atoms with van der Waals surface area (Å²) in [5.74, 6) is 1.76. The summed E-state index contributed by atoms with van der Waals surface area (Å²) in [6.07, 6.45) is 1.55. The predicted octanol–water partition coefficient (Wildman–Crippen LogP) is 10.4. The van der Waals surface area contributed by atoms with Crippen LogP contribution >= 0.6 is 82.6 Å². The molecule has 0 aliphatic carbocycles. The van der Waals surface area contributed by atoms with Crippen LogP contribution in [0.4, 0.5) is 0 Å². The quantitative estimate of drug-likeness (QED) is 0.0871. The van der Waals surface area contributed by atoms with Crippen LogP contribution in [0, 0.1) is 0 Å². The lowest BCUT2D eigenvalue weighted by atomic mass is 9.91. The normalized spacial score (nSPS) is 15.4. The van der Waals surface area contributed by atoms with E-state index in [1.807, 2.05) is 24.3 Å². The van der Waals surface area contributed by atoms with E-state index in [1.165, 1.54) is 9.34 Å². The third kappa shape index (κ3) is 10.6. The second kappa shape index (κ2) is 17.9. The van der Waals surface area contributed by atoms with Crippen molar-refractivity contribution in [1.29, 1.82) is 0 Å². The van der Waals surface area contributed by atoms with Gasteiger partial charge < -0.3 is 9.05 Å². The third-order valence-electron chi connectivity index (χ3n) is 5.96. The van der Waals surface area contributed by atoms with Crippen molar-refractivity contribution in [2.45, 2.75) is 26.7 Å². The lowest BCUT2D eigenvalue weighted by Gasteiger charge is -2.25. The molecule has 224 valence electrons. The molecule has 40 heavy (non-hydrogen) atoms. The van der Waals surface area contributed by atoms with Gasteiger partial charge >= 0.3 is 13.7 Å². The number of allylic oxidation sites excluding steroid dienone is 2. The van der Waals surface area contributed by atoms with Gasteiger partial charge in [0, 0.05) is 72.2 Å². The van der Waals surface area contributed by atoms with Crippen molar-refractivity contribution in [2.24, 2.45) is 0 Å². The first-order valence-electron chi connectivity index (χ1n) is 12.7. The SMILES string of the molecule is CCC(=C(CC)c1ccc(OP(=O)(Cl)N(CCCl)CCCl)cc1)c1ccc(OP(=O)(Cl)N(CCCl)CCCl)cc1. The van der Waals surface area contributed by atoms with E-state index in [1.54, 1.807) is 24.3 Å². The molecule has 2 unspecified atom stereocenters. The Morgan fingerprint density at radius 3 is 1.10 bits per heavy atom. The van der Waals surface area contributed by atoms with E-state index >= 15 is 0 Å². The largest absolute Gasteiger partial charge is 0.422 e. The molecule has 0 fully saturated rings. The third-order valence-corrected chi connectivity index (χ3v) is 11.4. The Balaban J connectivity index is 2.28. The molecule has 0 aliphatic heterocycles. The minimum Gasteiger partial charge on any atom is -0.422 e. The lowest BCUT2D eigenvalue weighted by molar-refractivity contribution is 0.389. The Hall–Kier alpha value is -0.100. The molecule has 6 nitrogen and oxygen atoms in total. The van der Waals surface area contributed by atoms with E-state index in [0.717, 1.165) is 35.1 Å². The van der Waals surface area contributed by atoms with E-state index in [9.17, 15) is 9.13 Å². The summed E-state index contributed by atoms with van der Waals surface area (Å²) in [4.78, 5) is 0. The van der Waals surface area contributed by atoms with Gasteiger partial charge in [0.15, 0.2) is 0 Å². The molecule has 0 radical (unpaired) electrons. The van der Waals surface area contributed by atoms with Gasteiger partial charge in [-0.25, -0.2) is 18.5 Å². The fourth-order valence-corrected chi connectivity index (χ4v) is 9.11. The Morgan fingerprint density at radius 2 is 0.875 bits per heavy atom. The lowest BCUT2D eigenvalue weighted by Crippen LogP contribution is -2.25. The maximum atomic E-state index is 13.0. The van der Waals surface area contributed by atoms with Crippen LogP contribution in [-0.4, -0.2) is 59.0 Å². The van der Waals surface area contributed by atoms with Crippen LogP contribution in [0.1, 0.15) is 37.8 Å². The zero-order chi connectivity index (χ0) is 29.8. The molecule has 0 bridgehead atoms. The van der Waals surface area contributed by atoms with Crippen molar-refractivity contribution < 1.29 is 18.2 Å². The van der Waals surface area contributed by atoms with E-state index < -0.39 is 13.7 Å². The number of rotatable bonds is 18. The van der Waals surface area contributed by atoms with Crippen molar-refractivity contribution in [1.82, 2.24) is 9.34 Å². The summed E-state index contributed by atoms with van der Waals surface area (Å²) >= 11 is 35.8. The molecule has 0 saturated carbocycles. The van der Waals surface area contributed by atoms with Crippen LogP contribution in [0.25, 0.3) is 11.1 Å². The van der Waals surface area contributed by atoms with Gasteiger partial charge in [-0.05, 0) is 59.4 Å². The van der Waals surface area contributed by atoms with E-state index in [2.05, 4.69) is 13.8 Å². The first-order chi connectivity index (χ1) is 19.1. The zero-order valence-corrected chi connectivity index (χ0v) is 28.7. The average Bonchev–Trinajstić information content (AvgIpc) is 2.92. The summed E-state index contributed by atoms with van der Waals surface area (Å²) in [5.41, 5.74) is 4.28. The number of hydrogen-bond acceptors (Lipinski definition) is 4. The Kier molecular flexibility index (Phi) is 16.1. The molecule has 14 heteroatoms. The summed E-state index contributed by atoms with van der Waals surface area (Å²) in [6, 6.07) is 14.6. The Bertz CT molecular complexity index is 1080. The minimum atomic E-state index is -3.64. The molecule has 0 aromatic heterocycles. The van der Waals surface area contributed by atoms with Gasteiger partial charge in [-0.3, -0.25) is 0 Å². The average molecular weight is 713 g/mol. The van der Waals surface area contributed by atoms with Crippen LogP contribution < -0.4 is 9.05 Å². The number of hydrogen-bond donors (Lipinski definition) is 0. The maximum Gasteiger partial charge on any atom is 0.411 e. The molecule has 0 N–H and O–H groups in total. The van der Waals surface area contributed by atoms with Crippen LogP contribution in [0.3, 0.4) is 0 Å². The Morgan fingerprint density at radius 1 is 0.600 bits per heavy atom. The maximum absolute atomic E-state index is 13.0. The molecule has 0 heterocycles. The second-order valence-corrected chi connectivity index (χ2v) is 15.8. The van der Waals surface area contributed by atoms with Crippen LogP contribution in [0.2, 0.25) is 0 Å². The zero-order valence-electron chi connectivity index (χ0n) is 22.4. The van der Waals surface area contributed by atoms with Crippen molar-refractivity contribution in [3.8, 4) is 11.5 Å². The molecule has 0 spiro atoms. The van der Waals surface area contributed by atoms with Gasteiger partial charge in [-0.15, -0.1) is 46.4 Å². The summed E-state index contributed by atoms with van der Waals surface area (Å²) < 4.78 is 40.2.